The fraction of sp³-hybridized carbons (Fsp3) is 0.152. The maximum atomic E-state index is 6.48. The Hall–Kier alpha value is -4.62. The molecule has 6 rings (SSSR count). The molecule has 0 spiro atoms. The molecule has 5 aromatic rings. The number of anilines is 1. The van der Waals surface area contributed by atoms with Gasteiger partial charge in [0.25, 0.3) is 0 Å². The maximum absolute atomic E-state index is 6.48. The second kappa shape index (κ2) is 11.2. The molecule has 1 aliphatic rings. The number of nitrogens with zero attached hydrogens (tertiary/aromatic N) is 2. The van der Waals surface area contributed by atoms with Crippen molar-refractivity contribution in [3.05, 3.63) is 126 Å². The Morgan fingerprint density at radius 2 is 1.55 bits per heavy atom. The Morgan fingerprint density at radius 3 is 2.23 bits per heavy atom. The summed E-state index contributed by atoms with van der Waals surface area (Å²) >= 11 is 5.87. The summed E-state index contributed by atoms with van der Waals surface area (Å²) < 4.78 is 18.1. The van der Waals surface area contributed by atoms with Gasteiger partial charge < -0.3 is 24.1 Å². The van der Waals surface area contributed by atoms with Crippen molar-refractivity contribution in [3.8, 4) is 28.6 Å². The standard InChI is InChI=1S/C33H29N3O3S/c1-3-37-25-15-9-23(10-16-25)29-19-20-30(39-29)32-31(28-6-4-5-21-34-28)35-33(40)36(32)24-11-17-27(18-12-24)38-26-13-7-22(2)8-14-26/h4-21,31-32H,3H2,1-2H3,(H,35,40). The molecule has 3 heterocycles. The number of furan rings is 1. The van der Waals surface area contributed by atoms with Crippen LogP contribution in [0.4, 0.5) is 5.69 Å². The van der Waals surface area contributed by atoms with Crippen LogP contribution in [0.2, 0.25) is 0 Å². The van der Waals surface area contributed by atoms with Crippen molar-refractivity contribution in [2.75, 3.05) is 11.5 Å². The van der Waals surface area contributed by atoms with Crippen LogP contribution in [-0.4, -0.2) is 16.7 Å². The van der Waals surface area contributed by atoms with E-state index in [1.807, 2.05) is 110 Å². The number of rotatable bonds is 8. The highest BCUT2D eigenvalue weighted by atomic mass is 32.1. The smallest absolute Gasteiger partial charge is 0.174 e. The molecule has 1 N–H and O–H groups in total. The molecule has 0 aliphatic carbocycles. The molecule has 0 amide bonds. The molecule has 1 aliphatic heterocycles. The summed E-state index contributed by atoms with van der Waals surface area (Å²) in [5.41, 5.74) is 3.98. The van der Waals surface area contributed by atoms with E-state index in [9.17, 15) is 0 Å². The minimum atomic E-state index is -0.247. The summed E-state index contributed by atoms with van der Waals surface area (Å²) in [7, 11) is 0. The molecule has 40 heavy (non-hydrogen) atoms. The van der Waals surface area contributed by atoms with Gasteiger partial charge in [0, 0.05) is 17.4 Å². The average Bonchev–Trinajstić information content (AvgIpc) is 3.60. The second-order valence-electron chi connectivity index (χ2n) is 9.57. The lowest BCUT2D eigenvalue weighted by Crippen LogP contribution is -2.29. The number of aryl methyl sites for hydroxylation is 1. The van der Waals surface area contributed by atoms with E-state index < -0.39 is 0 Å². The van der Waals surface area contributed by atoms with Gasteiger partial charge in [0.2, 0.25) is 0 Å². The number of aromatic nitrogens is 1. The third kappa shape index (κ3) is 5.28. The van der Waals surface area contributed by atoms with Gasteiger partial charge in [-0.1, -0.05) is 23.8 Å². The van der Waals surface area contributed by atoms with Gasteiger partial charge in [-0.25, -0.2) is 0 Å². The number of benzene rings is 3. The Kier molecular flexibility index (Phi) is 7.21. The van der Waals surface area contributed by atoms with E-state index in [1.54, 1.807) is 6.20 Å². The van der Waals surface area contributed by atoms with Gasteiger partial charge in [-0.2, -0.15) is 0 Å². The Balaban J connectivity index is 1.32. The largest absolute Gasteiger partial charge is 0.494 e. The molecule has 0 saturated carbocycles. The fourth-order valence-electron chi connectivity index (χ4n) is 4.89. The first-order valence-electron chi connectivity index (χ1n) is 13.3. The van der Waals surface area contributed by atoms with Crippen LogP contribution >= 0.6 is 12.2 Å². The van der Waals surface area contributed by atoms with Crippen molar-refractivity contribution in [2.24, 2.45) is 0 Å². The van der Waals surface area contributed by atoms with E-state index >= 15 is 0 Å². The highest BCUT2D eigenvalue weighted by molar-refractivity contribution is 7.80. The predicted octanol–water partition coefficient (Wildman–Crippen LogP) is 8.02. The zero-order valence-corrected chi connectivity index (χ0v) is 23.1. The summed E-state index contributed by atoms with van der Waals surface area (Å²) in [6.07, 6.45) is 1.80. The van der Waals surface area contributed by atoms with Gasteiger partial charge in [0.15, 0.2) is 5.11 Å². The van der Waals surface area contributed by atoms with Crippen LogP contribution in [0.25, 0.3) is 11.3 Å². The SMILES string of the molecule is CCOc1ccc(-c2ccc(C3C(c4ccccn4)NC(=S)N3c3ccc(Oc4ccc(C)cc4)cc3)o2)cc1. The van der Waals surface area contributed by atoms with Gasteiger partial charge in [0.05, 0.1) is 18.3 Å². The molecule has 3 aromatic carbocycles. The van der Waals surface area contributed by atoms with Crippen molar-refractivity contribution in [2.45, 2.75) is 25.9 Å². The molecule has 7 heteroatoms. The lowest BCUT2D eigenvalue weighted by Gasteiger charge is -2.26. The molecule has 2 aromatic heterocycles. The highest BCUT2D eigenvalue weighted by Gasteiger charge is 2.42. The third-order valence-corrected chi connectivity index (χ3v) is 7.15. The minimum Gasteiger partial charge on any atom is -0.494 e. The molecule has 6 nitrogen and oxygen atoms in total. The van der Waals surface area contributed by atoms with Gasteiger partial charge in [-0.05, 0) is 111 Å². The zero-order chi connectivity index (χ0) is 27.5. The second-order valence-corrected chi connectivity index (χ2v) is 9.95. The number of pyridine rings is 1. The molecule has 0 bridgehead atoms. The summed E-state index contributed by atoms with van der Waals surface area (Å²) in [6, 6.07) is 33.3. The maximum Gasteiger partial charge on any atom is 0.174 e. The number of thiocarbonyl (C=S) groups is 1. The van der Waals surface area contributed by atoms with Crippen molar-refractivity contribution in [3.63, 3.8) is 0 Å². The summed E-state index contributed by atoms with van der Waals surface area (Å²) in [6.45, 7) is 4.66. The van der Waals surface area contributed by atoms with Crippen LogP contribution in [0.15, 0.2) is 114 Å². The number of nitrogens with one attached hydrogen (secondary N) is 1. The molecule has 200 valence electrons. The van der Waals surface area contributed by atoms with E-state index in [-0.39, 0.29) is 12.1 Å². The van der Waals surface area contributed by atoms with E-state index in [4.69, 9.17) is 26.1 Å². The monoisotopic (exact) mass is 547 g/mol. The molecule has 2 unspecified atom stereocenters. The van der Waals surface area contributed by atoms with Crippen LogP contribution < -0.4 is 19.7 Å². The summed E-state index contributed by atoms with van der Waals surface area (Å²) in [5.74, 6) is 3.94. The van der Waals surface area contributed by atoms with Gasteiger partial charge in [-0.3, -0.25) is 4.98 Å². The Bertz CT molecular complexity index is 1580. The van der Waals surface area contributed by atoms with Crippen LogP contribution in [0.1, 0.15) is 36.0 Å². The normalized spacial score (nSPS) is 16.6. The fourth-order valence-corrected chi connectivity index (χ4v) is 5.23. The molecule has 2 atom stereocenters. The van der Waals surface area contributed by atoms with Gasteiger partial charge in [0.1, 0.15) is 34.8 Å². The topological polar surface area (TPSA) is 59.8 Å². The van der Waals surface area contributed by atoms with Crippen molar-refractivity contribution >= 4 is 23.0 Å². The Labute approximate surface area is 239 Å². The van der Waals surface area contributed by atoms with Crippen molar-refractivity contribution in [1.29, 1.82) is 0 Å². The van der Waals surface area contributed by atoms with Crippen LogP contribution in [-0.2, 0) is 0 Å². The zero-order valence-electron chi connectivity index (χ0n) is 22.3. The number of hydrogen-bond donors (Lipinski definition) is 1. The van der Waals surface area contributed by atoms with Crippen molar-refractivity contribution in [1.82, 2.24) is 10.3 Å². The summed E-state index contributed by atoms with van der Waals surface area (Å²) in [5, 5.41) is 4.09. The van der Waals surface area contributed by atoms with Crippen LogP contribution in [0.3, 0.4) is 0 Å². The molecular weight excluding hydrogens is 518 g/mol. The molecule has 1 saturated heterocycles. The lowest BCUT2D eigenvalue weighted by molar-refractivity contribution is 0.340. The first kappa shape index (κ1) is 25.6. The van der Waals surface area contributed by atoms with E-state index in [0.29, 0.717) is 11.7 Å². The number of hydrogen-bond acceptors (Lipinski definition) is 5. The minimum absolute atomic E-state index is 0.198. The number of ether oxygens (including phenoxy) is 2. The molecule has 1 fully saturated rings. The Morgan fingerprint density at radius 1 is 0.850 bits per heavy atom. The highest BCUT2D eigenvalue weighted by Crippen LogP contribution is 2.43. The van der Waals surface area contributed by atoms with Gasteiger partial charge >= 0.3 is 0 Å². The first-order chi connectivity index (χ1) is 19.6. The van der Waals surface area contributed by atoms with E-state index in [2.05, 4.69) is 22.1 Å². The molecule has 0 radical (unpaired) electrons. The third-order valence-electron chi connectivity index (χ3n) is 6.84. The average molecular weight is 548 g/mol. The van der Waals surface area contributed by atoms with Gasteiger partial charge in [-0.15, -0.1) is 0 Å². The molecular formula is C33H29N3O3S. The van der Waals surface area contributed by atoms with Crippen LogP contribution in [0, 0.1) is 6.92 Å². The summed E-state index contributed by atoms with van der Waals surface area (Å²) in [4.78, 5) is 6.72. The first-order valence-corrected chi connectivity index (χ1v) is 13.7. The van der Waals surface area contributed by atoms with E-state index in [0.717, 1.165) is 45.7 Å². The quantitative estimate of drug-likeness (QED) is 0.197. The van der Waals surface area contributed by atoms with Crippen LogP contribution in [0.5, 0.6) is 17.2 Å². The van der Waals surface area contributed by atoms with Crippen molar-refractivity contribution < 1.29 is 13.9 Å². The lowest BCUT2D eigenvalue weighted by atomic mass is 10.0. The van der Waals surface area contributed by atoms with E-state index in [1.165, 1.54) is 5.56 Å². The predicted molar refractivity (Wildman–Crippen MR) is 161 cm³/mol.